The summed E-state index contributed by atoms with van der Waals surface area (Å²) >= 11 is 5.03. The monoisotopic (exact) mass is 379 g/mol. The van der Waals surface area contributed by atoms with E-state index in [1.165, 1.54) is 0 Å². The number of aromatic nitrogens is 3. The van der Waals surface area contributed by atoms with Gasteiger partial charge in [0.25, 0.3) is 0 Å². The van der Waals surface area contributed by atoms with Crippen LogP contribution in [0.1, 0.15) is 17.2 Å². The van der Waals surface area contributed by atoms with Gasteiger partial charge in [-0.05, 0) is 34.1 Å². The number of fused-ring (bicyclic) bond motifs is 1. The lowest BCUT2D eigenvalue weighted by Crippen LogP contribution is -2.20. The smallest absolute Gasteiger partial charge is 0.225 e. The van der Waals surface area contributed by atoms with Crippen LogP contribution in [-0.4, -0.2) is 27.6 Å². The molecule has 3 rings (SSSR count). The van der Waals surface area contributed by atoms with Crippen LogP contribution in [0.25, 0.3) is 11.0 Å². The number of hydrogen-bond acceptors (Lipinski definition) is 5. The average Bonchev–Trinajstić information content (AvgIpc) is 3.13. The third-order valence-corrected chi connectivity index (χ3v) is 5.07. The van der Waals surface area contributed by atoms with E-state index in [2.05, 4.69) is 36.4 Å². The minimum Gasteiger partial charge on any atom is -0.330 e. The number of nitrogens with one attached hydrogen (secondary N) is 2. The quantitative estimate of drug-likeness (QED) is 0.634. The Kier molecular flexibility index (Phi) is 4.51. The van der Waals surface area contributed by atoms with Crippen molar-refractivity contribution in [1.29, 1.82) is 0 Å². The highest BCUT2D eigenvalue weighted by molar-refractivity contribution is 9.11. The Morgan fingerprint density at radius 1 is 1.45 bits per heavy atom. The van der Waals surface area contributed by atoms with Crippen LogP contribution < -0.4 is 11.1 Å². The lowest BCUT2D eigenvalue weighted by atomic mass is 10.0. The van der Waals surface area contributed by atoms with Crippen molar-refractivity contribution < 1.29 is 4.79 Å². The van der Waals surface area contributed by atoms with Gasteiger partial charge in [-0.2, -0.15) is 5.10 Å². The lowest BCUT2D eigenvalue weighted by molar-refractivity contribution is -0.116. The van der Waals surface area contributed by atoms with E-state index >= 15 is 0 Å². The van der Waals surface area contributed by atoms with E-state index < -0.39 is 0 Å². The molecule has 114 valence electrons. The molecule has 0 bridgehead atoms. The molecule has 0 saturated carbocycles. The first-order valence-electron chi connectivity index (χ1n) is 6.70. The molecule has 3 aromatic rings. The third-order valence-electron chi connectivity index (χ3n) is 3.29. The number of pyridine rings is 1. The summed E-state index contributed by atoms with van der Waals surface area (Å²) in [6.45, 7) is 0.430. The number of carbonyl (C=O) groups is 1. The molecule has 1 atom stereocenters. The molecular formula is C14H14BrN5OS. The van der Waals surface area contributed by atoms with E-state index in [4.69, 9.17) is 5.73 Å². The van der Waals surface area contributed by atoms with Crippen LogP contribution in [0.3, 0.4) is 0 Å². The van der Waals surface area contributed by atoms with Crippen LogP contribution in [0.15, 0.2) is 34.4 Å². The van der Waals surface area contributed by atoms with E-state index in [9.17, 15) is 4.79 Å². The topological polar surface area (TPSA) is 96.7 Å². The summed E-state index contributed by atoms with van der Waals surface area (Å²) in [6, 6.07) is 5.80. The molecule has 0 aliphatic carbocycles. The number of hydrogen-bond donors (Lipinski definition) is 3. The zero-order chi connectivity index (χ0) is 15.5. The Hall–Kier alpha value is -1.77. The summed E-state index contributed by atoms with van der Waals surface area (Å²) in [6.07, 6.45) is 3.62. The molecule has 8 heteroatoms. The molecule has 1 amide bonds. The molecule has 0 aliphatic heterocycles. The van der Waals surface area contributed by atoms with Crippen molar-refractivity contribution in [2.24, 2.45) is 5.73 Å². The van der Waals surface area contributed by atoms with Crippen molar-refractivity contribution in [2.45, 2.75) is 12.3 Å². The van der Waals surface area contributed by atoms with Gasteiger partial charge in [0.05, 0.1) is 21.9 Å². The number of carbonyl (C=O) groups excluding carboxylic acids is 1. The maximum atomic E-state index is 12.2. The predicted molar refractivity (Wildman–Crippen MR) is 90.9 cm³/mol. The molecule has 4 N–H and O–H groups in total. The minimum absolute atomic E-state index is 0.0157. The van der Waals surface area contributed by atoms with Crippen LogP contribution in [0.4, 0.5) is 5.69 Å². The Morgan fingerprint density at radius 2 is 2.32 bits per heavy atom. The van der Waals surface area contributed by atoms with Gasteiger partial charge in [-0.3, -0.25) is 9.89 Å². The van der Waals surface area contributed by atoms with Crippen molar-refractivity contribution in [3.63, 3.8) is 0 Å². The van der Waals surface area contributed by atoms with Crippen LogP contribution in [0.2, 0.25) is 0 Å². The number of H-pyrrole nitrogens is 1. The van der Waals surface area contributed by atoms with Crippen LogP contribution in [0.5, 0.6) is 0 Å². The molecule has 3 heterocycles. The Balaban J connectivity index is 1.68. The van der Waals surface area contributed by atoms with Crippen LogP contribution in [-0.2, 0) is 4.79 Å². The second-order valence-corrected chi connectivity index (χ2v) is 7.35. The average molecular weight is 380 g/mol. The highest BCUT2D eigenvalue weighted by atomic mass is 79.9. The fourth-order valence-electron chi connectivity index (χ4n) is 2.19. The van der Waals surface area contributed by atoms with Crippen LogP contribution in [0, 0.1) is 0 Å². The van der Waals surface area contributed by atoms with Gasteiger partial charge >= 0.3 is 0 Å². The van der Waals surface area contributed by atoms with E-state index in [-0.39, 0.29) is 11.8 Å². The largest absolute Gasteiger partial charge is 0.330 e. The Bertz CT molecular complexity index is 799. The van der Waals surface area contributed by atoms with Crippen molar-refractivity contribution in [3.05, 3.63) is 39.3 Å². The second-order valence-electron chi connectivity index (χ2n) is 4.86. The summed E-state index contributed by atoms with van der Waals surface area (Å²) in [5.74, 6) is -0.0634. The van der Waals surface area contributed by atoms with Crippen molar-refractivity contribution >= 4 is 49.9 Å². The summed E-state index contributed by atoms with van der Waals surface area (Å²) in [5.41, 5.74) is 7.15. The van der Waals surface area contributed by atoms with E-state index in [1.807, 2.05) is 18.2 Å². The number of rotatable bonds is 5. The summed E-state index contributed by atoms with van der Waals surface area (Å²) in [5, 5.41) is 10.4. The highest BCUT2D eigenvalue weighted by Gasteiger charge is 2.17. The summed E-state index contributed by atoms with van der Waals surface area (Å²) < 4.78 is 1.04. The van der Waals surface area contributed by atoms with Gasteiger partial charge in [-0.15, -0.1) is 11.3 Å². The first-order chi connectivity index (χ1) is 10.7. The number of halogens is 1. The standard InChI is InChI=1S/C14H14BrN5OS/c15-12-2-1-11(22-12)8(5-16)4-13(21)19-10-3-9-6-18-20-14(9)17-7-10/h1-3,6-8H,4-5,16H2,(H,19,21)(H,17,18,20). The number of nitrogens with two attached hydrogens (primary N) is 1. The SMILES string of the molecule is NCC(CC(=O)Nc1cnc2[nH]ncc2c1)c1ccc(Br)s1. The molecule has 0 saturated heterocycles. The molecular weight excluding hydrogens is 366 g/mol. The normalized spacial score (nSPS) is 12.5. The number of thiophene rings is 1. The third kappa shape index (κ3) is 3.34. The number of nitrogens with zero attached hydrogens (tertiary/aromatic N) is 2. The molecule has 0 fully saturated rings. The molecule has 6 nitrogen and oxygen atoms in total. The van der Waals surface area contributed by atoms with Gasteiger partial charge in [0.2, 0.25) is 5.91 Å². The number of amides is 1. The minimum atomic E-state index is -0.0791. The zero-order valence-electron chi connectivity index (χ0n) is 11.5. The number of anilines is 1. The zero-order valence-corrected chi connectivity index (χ0v) is 13.9. The molecule has 0 spiro atoms. The Labute approximate surface area is 139 Å². The molecule has 0 aliphatic rings. The highest BCUT2D eigenvalue weighted by Crippen LogP contribution is 2.30. The lowest BCUT2D eigenvalue weighted by Gasteiger charge is -2.12. The van der Waals surface area contributed by atoms with Crippen molar-refractivity contribution in [2.75, 3.05) is 11.9 Å². The molecule has 0 radical (unpaired) electrons. The molecule has 3 aromatic heterocycles. The number of aromatic amines is 1. The maximum absolute atomic E-state index is 12.2. The van der Waals surface area contributed by atoms with E-state index in [1.54, 1.807) is 23.7 Å². The fourth-order valence-corrected chi connectivity index (χ4v) is 3.72. The van der Waals surface area contributed by atoms with Crippen LogP contribution >= 0.6 is 27.3 Å². The molecule has 1 unspecified atom stereocenters. The maximum Gasteiger partial charge on any atom is 0.225 e. The fraction of sp³-hybridized carbons (Fsp3) is 0.214. The van der Waals surface area contributed by atoms with Gasteiger partial charge in [0.1, 0.15) is 0 Å². The second kappa shape index (κ2) is 6.55. The van der Waals surface area contributed by atoms with Gasteiger partial charge in [0.15, 0.2) is 5.65 Å². The van der Waals surface area contributed by atoms with Gasteiger partial charge in [-0.25, -0.2) is 4.98 Å². The van der Waals surface area contributed by atoms with Crippen molar-refractivity contribution in [3.8, 4) is 0 Å². The first-order valence-corrected chi connectivity index (χ1v) is 8.31. The predicted octanol–water partition coefficient (Wildman–Crippen LogP) is 2.85. The molecule has 22 heavy (non-hydrogen) atoms. The van der Waals surface area contributed by atoms with Gasteiger partial charge in [-0.1, -0.05) is 0 Å². The van der Waals surface area contributed by atoms with Gasteiger partial charge in [0, 0.05) is 29.1 Å². The summed E-state index contributed by atoms with van der Waals surface area (Å²) in [7, 11) is 0. The van der Waals surface area contributed by atoms with E-state index in [0.29, 0.717) is 24.3 Å². The van der Waals surface area contributed by atoms with E-state index in [0.717, 1.165) is 14.0 Å². The Morgan fingerprint density at radius 3 is 3.05 bits per heavy atom. The summed E-state index contributed by atoms with van der Waals surface area (Å²) in [4.78, 5) is 17.5. The molecule has 0 aromatic carbocycles. The van der Waals surface area contributed by atoms with Gasteiger partial charge < -0.3 is 11.1 Å². The van der Waals surface area contributed by atoms with Crippen molar-refractivity contribution in [1.82, 2.24) is 15.2 Å². The first kappa shape index (κ1) is 15.1.